The molecule has 1 aromatic carbocycles. The first-order chi connectivity index (χ1) is 10.8. The molecule has 5 nitrogen and oxygen atoms in total. The first kappa shape index (κ1) is 14.7. The average Bonchev–Trinajstić information content (AvgIpc) is 2.96. The van der Waals surface area contributed by atoms with Gasteiger partial charge in [-0.15, -0.1) is 11.3 Å². The number of anilines is 1. The van der Waals surface area contributed by atoms with Crippen LogP contribution in [0.5, 0.6) is 0 Å². The normalized spacial score (nSPS) is 10.6. The minimum Gasteiger partial charge on any atom is -0.368 e. The summed E-state index contributed by atoms with van der Waals surface area (Å²) in [6.07, 6.45) is 0.669. The minimum atomic E-state index is 0.208. The highest BCUT2D eigenvalue weighted by atomic mass is 35.5. The second kappa shape index (κ2) is 6.72. The lowest BCUT2D eigenvalue weighted by Crippen LogP contribution is -2.20. The summed E-state index contributed by atoms with van der Waals surface area (Å²) in [5.74, 6) is 0.682. The van der Waals surface area contributed by atoms with Crippen LogP contribution in [0.2, 0.25) is 5.28 Å². The number of halogens is 1. The van der Waals surface area contributed by atoms with E-state index in [1.165, 1.54) is 0 Å². The van der Waals surface area contributed by atoms with Crippen LogP contribution in [0.15, 0.2) is 36.4 Å². The van der Waals surface area contributed by atoms with Gasteiger partial charge in [-0.25, -0.2) is 9.97 Å². The second-order valence-corrected chi connectivity index (χ2v) is 5.90. The number of nitrogens with one attached hydrogen (secondary N) is 2. The lowest BCUT2D eigenvalue weighted by Gasteiger charge is -2.06. The minimum absolute atomic E-state index is 0.208. The smallest absolute Gasteiger partial charge is 0.225 e. The maximum atomic E-state index is 10.3. The lowest BCUT2D eigenvalue weighted by molar-refractivity contribution is -0.109. The van der Waals surface area contributed by atoms with Crippen molar-refractivity contribution in [3.63, 3.8) is 0 Å². The summed E-state index contributed by atoms with van der Waals surface area (Å²) in [5, 5.41) is 6.91. The largest absolute Gasteiger partial charge is 0.368 e. The Balaban J connectivity index is 1.94. The third-order valence-electron chi connectivity index (χ3n) is 3.07. The van der Waals surface area contributed by atoms with Gasteiger partial charge >= 0.3 is 0 Å². The van der Waals surface area contributed by atoms with Gasteiger partial charge < -0.3 is 10.6 Å². The molecule has 0 unspecified atom stereocenters. The van der Waals surface area contributed by atoms with Gasteiger partial charge in [0, 0.05) is 18.0 Å². The van der Waals surface area contributed by atoms with Gasteiger partial charge in [-0.1, -0.05) is 30.3 Å². The van der Waals surface area contributed by atoms with E-state index in [9.17, 15) is 4.79 Å². The zero-order valence-electron chi connectivity index (χ0n) is 11.5. The molecule has 112 valence electrons. The monoisotopic (exact) mass is 332 g/mol. The maximum absolute atomic E-state index is 10.3. The van der Waals surface area contributed by atoms with Gasteiger partial charge in [0.2, 0.25) is 11.7 Å². The van der Waals surface area contributed by atoms with Gasteiger partial charge in [-0.2, -0.15) is 0 Å². The van der Waals surface area contributed by atoms with Crippen molar-refractivity contribution < 1.29 is 4.79 Å². The molecule has 2 heterocycles. The van der Waals surface area contributed by atoms with Crippen molar-refractivity contribution in [1.82, 2.24) is 15.3 Å². The topological polar surface area (TPSA) is 66.9 Å². The summed E-state index contributed by atoms with van der Waals surface area (Å²) in [7, 11) is 0. The average molecular weight is 333 g/mol. The molecule has 0 aliphatic carbocycles. The SMILES string of the molecule is O=CNCCNc1nc(Cl)nc2sc(-c3ccccc3)cc12. The Bertz CT molecular complexity index is 791. The highest BCUT2D eigenvalue weighted by Crippen LogP contribution is 2.35. The second-order valence-electron chi connectivity index (χ2n) is 4.54. The van der Waals surface area contributed by atoms with Crippen LogP contribution >= 0.6 is 22.9 Å². The molecular formula is C15H13ClN4OS. The number of aromatic nitrogens is 2. The van der Waals surface area contributed by atoms with E-state index in [4.69, 9.17) is 11.6 Å². The molecule has 0 atom stereocenters. The van der Waals surface area contributed by atoms with Crippen molar-refractivity contribution in [1.29, 1.82) is 0 Å². The van der Waals surface area contributed by atoms with Gasteiger partial charge in [-0.3, -0.25) is 4.79 Å². The fourth-order valence-corrected chi connectivity index (χ4v) is 3.34. The highest BCUT2D eigenvalue weighted by Gasteiger charge is 2.11. The number of fused-ring (bicyclic) bond motifs is 1. The van der Waals surface area contributed by atoms with Gasteiger partial charge in [-0.05, 0) is 23.2 Å². The molecule has 0 saturated carbocycles. The lowest BCUT2D eigenvalue weighted by atomic mass is 10.2. The molecule has 7 heteroatoms. The molecule has 0 bridgehead atoms. The Morgan fingerprint density at radius 3 is 2.77 bits per heavy atom. The number of nitrogens with zero attached hydrogens (tertiary/aromatic N) is 2. The summed E-state index contributed by atoms with van der Waals surface area (Å²) in [5.41, 5.74) is 1.13. The molecule has 0 saturated heterocycles. The number of hydrogen-bond donors (Lipinski definition) is 2. The predicted molar refractivity (Wildman–Crippen MR) is 90.4 cm³/mol. The van der Waals surface area contributed by atoms with E-state index in [0.717, 1.165) is 20.7 Å². The summed E-state index contributed by atoms with van der Waals surface area (Å²) >= 11 is 7.57. The summed E-state index contributed by atoms with van der Waals surface area (Å²) in [6, 6.07) is 12.2. The van der Waals surface area contributed by atoms with Crippen LogP contribution in [0, 0.1) is 0 Å². The molecule has 22 heavy (non-hydrogen) atoms. The fraction of sp³-hybridized carbons (Fsp3) is 0.133. The number of rotatable bonds is 6. The van der Waals surface area contributed by atoms with Gasteiger partial charge in [0.25, 0.3) is 0 Å². The van der Waals surface area contributed by atoms with Crippen molar-refractivity contribution in [2.24, 2.45) is 0 Å². The van der Waals surface area contributed by atoms with Crippen LogP contribution in [0.3, 0.4) is 0 Å². The first-order valence-corrected chi connectivity index (χ1v) is 7.91. The Hall–Kier alpha value is -2.18. The van der Waals surface area contributed by atoms with Crippen molar-refractivity contribution in [2.75, 3.05) is 18.4 Å². The van der Waals surface area contributed by atoms with E-state index in [-0.39, 0.29) is 5.28 Å². The molecule has 3 aromatic rings. The van der Waals surface area contributed by atoms with E-state index < -0.39 is 0 Å². The molecular weight excluding hydrogens is 320 g/mol. The van der Waals surface area contributed by atoms with E-state index in [1.807, 2.05) is 18.2 Å². The standard InChI is InChI=1S/C15H13ClN4OS/c16-15-19-13(18-7-6-17-9-21)11-8-12(22-14(11)20-15)10-4-2-1-3-5-10/h1-5,8-9H,6-7H2,(H,17,21)(H,18,19,20). The first-order valence-electron chi connectivity index (χ1n) is 6.71. The number of carbonyl (C=O) groups is 1. The Labute approximate surface area is 136 Å². The molecule has 1 amide bonds. The van der Waals surface area contributed by atoms with Crippen LogP contribution in [0.4, 0.5) is 5.82 Å². The van der Waals surface area contributed by atoms with Gasteiger partial charge in [0.15, 0.2) is 0 Å². The maximum Gasteiger partial charge on any atom is 0.225 e. The predicted octanol–water partition coefficient (Wildman–Crippen LogP) is 3.17. The third-order valence-corrected chi connectivity index (χ3v) is 4.32. The van der Waals surface area contributed by atoms with Crippen LogP contribution in [-0.2, 0) is 4.79 Å². The molecule has 0 radical (unpaired) electrons. The van der Waals surface area contributed by atoms with E-state index in [2.05, 4.69) is 38.8 Å². The Morgan fingerprint density at radius 1 is 1.18 bits per heavy atom. The number of amides is 1. The number of thiophene rings is 1. The summed E-state index contributed by atoms with van der Waals surface area (Å²) < 4.78 is 0. The fourth-order valence-electron chi connectivity index (χ4n) is 2.09. The molecule has 2 aromatic heterocycles. The zero-order chi connectivity index (χ0) is 15.4. The van der Waals surface area contributed by atoms with Gasteiger partial charge in [0.05, 0.1) is 5.39 Å². The van der Waals surface area contributed by atoms with Crippen molar-refractivity contribution >= 4 is 45.4 Å². The zero-order valence-corrected chi connectivity index (χ0v) is 13.1. The van der Waals surface area contributed by atoms with Gasteiger partial charge in [0.1, 0.15) is 10.6 Å². The highest BCUT2D eigenvalue weighted by molar-refractivity contribution is 7.22. The van der Waals surface area contributed by atoms with Crippen molar-refractivity contribution in [2.45, 2.75) is 0 Å². The van der Waals surface area contributed by atoms with Crippen LogP contribution < -0.4 is 10.6 Å². The van der Waals surface area contributed by atoms with Crippen LogP contribution in [-0.4, -0.2) is 29.5 Å². The molecule has 0 spiro atoms. The summed E-state index contributed by atoms with van der Waals surface area (Å²) in [6.45, 7) is 1.08. The van der Waals surface area contributed by atoms with E-state index in [0.29, 0.717) is 25.3 Å². The van der Waals surface area contributed by atoms with Crippen LogP contribution in [0.25, 0.3) is 20.7 Å². The Kier molecular flexibility index (Phi) is 4.50. The third kappa shape index (κ3) is 3.18. The molecule has 3 rings (SSSR count). The van der Waals surface area contributed by atoms with E-state index in [1.54, 1.807) is 11.3 Å². The number of carbonyl (C=O) groups excluding carboxylic acids is 1. The van der Waals surface area contributed by atoms with Crippen molar-refractivity contribution in [3.8, 4) is 10.4 Å². The van der Waals surface area contributed by atoms with Crippen LogP contribution in [0.1, 0.15) is 0 Å². The quantitative estimate of drug-likeness (QED) is 0.413. The molecule has 0 fully saturated rings. The van der Waals surface area contributed by atoms with E-state index >= 15 is 0 Å². The summed E-state index contributed by atoms with van der Waals surface area (Å²) in [4.78, 5) is 20.7. The molecule has 0 aliphatic heterocycles. The van der Waals surface area contributed by atoms with Crippen molar-refractivity contribution in [3.05, 3.63) is 41.7 Å². The molecule has 2 N–H and O–H groups in total. The molecule has 0 aliphatic rings. The number of hydrogen-bond acceptors (Lipinski definition) is 5. The Morgan fingerprint density at radius 2 is 2.00 bits per heavy atom. The number of benzene rings is 1.